The SMILES string of the molecule is CCC(NS(=O)(=O)c1cc(CNC)sc1C)c1ncc[nH]1. The maximum Gasteiger partial charge on any atom is 0.242 e. The third kappa shape index (κ3) is 3.70. The zero-order valence-corrected chi connectivity index (χ0v) is 13.9. The number of hydrogen-bond donors (Lipinski definition) is 3. The molecule has 21 heavy (non-hydrogen) atoms. The van der Waals surface area contributed by atoms with Gasteiger partial charge < -0.3 is 10.3 Å². The standard InChI is InChI=1S/C13H20N4O2S2/c1-4-11(13-15-5-6-16-13)17-21(18,19)12-7-10(8-14-3)20-9(12)2/h5-7,11,14,17H,4,8H2,1-3H3,(H,15,16). The van der Waals surface area contributed by atoms with Crippen LogP contribution in [0.5, 0.6) is 0 Å². The molecule has 3 N–H and O–H groups in total. The van der Waals surface area contributed by atoms with Gasteiger partial charge in [-0.25, -0.2) is 18.1 Å². The van der Waals surface area contributed by atoms with Crippen LogP contribution in [0.3, 0.4) is 0 Å². The molecule has 0 aliphatic heterocycles. The molecule has 0 saturated heterocycles. The smallest absolute Gasteiger partial charge is 0.242 e. The van der Waals surface area contributed by atoms with E-state index >= 15 is 0 Å². The average Bonchev–Trinajstić information content (AvgIpc) is 3.06. The number of nitrogens with zero attached hydrogens (tertiary/aromatic N) is 1. The Morgan fingerprint density at radius 3 is 2.81 bits per heavy atom. The number of aryl methyl sites for hydroxylation is 1. The summed E-state index contributed by atoms with van der Waals surface area (Å²) in [5, 5.41) is 3.03. The molecule has 1 unspecified atom stereocenters. The number of H-pyrrole nitrogens is 1. The molecule has 2 aromatic heterocycles. The number of aromatic nitrogens is 2. The Morgan fingerprint density at radius 2 is 2.24 bits per heavy atom. The largest absolute Gasteiger partial charge is 0.347 e. The molecule has 0 aromatic carbocycles. The Bertz CT molecular complexity index is 677. The van der Waals surface area contributed by atoms with Gasteiger partial charge in [0.15, 0.2) is 0 Å². The summed E-state index contributed by atoms with van der Waals surface area (Å²) in [4.78, 5) is 9.23. The molecule has 1 atom stereocenters. The van der Waals surface area contributed by atoms with Crippen molar-refractivity contribution in [1.82, 2.24) is 20.0 Å². The molecular weight excluding hydrogens is 308 g/mol. The fraction of sp³-hybridized carbons (Fsp3) is 0.462. The van der Waals surface area contributed by atoms with Crippen LogP contribution in [0.25, 0.3) is 0 Å². The highest BCUT2D eigenvalue weighted by Gasteiger charge is 2.24. The average molecular weight is 328 g/mol. The summed E-state index contributed by atoms with van der Waals surface area (Å²) in [6, 6.07) is 1.38. The topological polar surface area (TPSA) is 86.9 Å². The van der Waals surface area contributed by atoms with E-state index in [1.54, 1.807) is 18.5 Å². The molecule has 2 aromatic rings. The first kappa shape index (κ1) is 16.2. The summed E-state index contributed by atoms with van der Waals surface area (Å²) in [6.07, 6.45) is 3.93. The van der Waals surface area contributed by atoms with Gasteiger partial charge in [0.2, 0.25) is 10.0 Å². The zero-order valence-electron chi connectivity index (χ0n) is 12.3. The van der Waals surface area contributed by atoms with Crippen LogP contribution < -0.4 is 10.0 Å². The van der Waals surface area contributed by atoms with Gasteiger partial charge in [0.25, 0.3) is 0 Å². The van der Waals surface area contributed by atoms with Crippen LogP contribution in [-0.2, 0) is 16.6 Å². The highest BCUT2D eigenvalue weighted by Crippen LogP contribution is 2.27. The Morgan fingerprint density at radius 1 is 1.48 bits per heavy atom. The molecule has 8 heteroatoms. The number of nitrogens with one attached hydrogen (secondary N) is 3. The fourth-order valence-corrected chi connectivity index (χ4v) is 5.03. The highest BCUT2D eigenvalue weighted by molar-refractivity contribution is 7.89. The van der Waals surface area contributed by atoms with Crippen LogP contribution in [-0.4, -0.2) is 25.4 Å². The van der Waals surface area contributed by atoms with Crippen molar-refractivity contribution in [3.8, 4) is 0 Å². The zero-order chi connectivity index (χ0) is 15.5. The predicted molar refractivity (Wildman–Crippen MR) is 83.8 cm³/mol. The molecule has 0 radical (unpaired) electrons. The van der Waals surface area contributed by atoms with E-state index in [-0.39, 0.29) is 6.04 Å². The van der Waals surface area contributed by atoms with Crippen molar-refractivity contribution in [3.63, 3.8) is 0 Å². The van der Waals surface area contributed by atoms with Crippen molar-refractivity contribution in [2.75, 3.05) is 7.05 Å². The van der Waals surface area contributed by atoms with Crippen LogP contribution in [0.4, 0.5) is 0 Å². The van der Waals surface area contributed by atoms with E-state index in [2.05, 4.69) is 20.0 Å². The van der Waals surface area contributed by atoms with E-state index in [4.69, 9.17) is 0 Å². The molecule has 6 nitrogen and oxygen atoms in total. The Hall–Kier alpha value is -1.22. The van der Waals surface area contributed by atoms with Crippen LogP contribution in [0.15, 0.2) is 23.4 Å². The van der Waals surface area contributed by atoms with Gasteiger partial charge in [-0.1, -0.05) is 6.92 Å². The fourth-order valence-electron chi connectivity index (χ4n) is 2.10. The van der Waals surface area contributed by atoms with Gasteiger partial charge in [0.05, 0.1) is 10.9 Å². The number of sulfonamides is 1. The molecular formula is C13H20N4O2S2. The molecule has 2 heterocycles. The molecule has 116 valence electrons. The van der Waals surface area contributed by atoms with E-state index < -0.39 is 10.0 Å². The highest BCUT2D eigenvalue weighted by atomic mass is 32.2. The van der Waals surface area contributed by atoms with Gasteiger partial charge in [-0.3, -0.25) is 0 Å². The molecule has 0 saturated carbocycles. The summed E-state index contributed by atoms with van der Waals surface area (Å²) < 4.78 is 27.9. The predicted octanol–water partition coefficient (Wildman–Crippen LogP) is 1.93. The Balaban J connectivity index is 2.25. The molecule has 0 bridgehead atoms. The molecule has 2 rings (SSSR count). The number of imidazole rings is 1. The normalized spacial score (nSPS) is 13.5. The number of hydrogen-bond acceptors (Lipinski definition) is 5. The lowest BCUT2D eigenvalue weighted by molar-refractivity contribution is 0.539. The van der Waals surface area contributed by atoms with Crippen molar-refractivity contribution in [2.45, 2.75) is 37.8 Å². The summed E-state index contributed by atoms with van der Waals surface area (Å²) in [7, 11) is -1.71. The monoisotopic (exact) mass is 328 g/mol. The van der Waals surface area contributed by atoms with E-state index in [1.807, 2.05) is 20.9 Å². The lowest BCUT2D eigenvalue weighted by Gasteiger charge is -2.14. The Kier molecular flexibility index (Phi) is 5.15. The first-order valence-corrected chi connectivity index (χ1v) is 9.03. The quantitative estimate of drug-likeness (QED) is 0.725. The third-order valence-electron chi connectivity index (χ3n) is 3.12. The number of aromatic amines is 1. The van der Waals surface area contributed by atoms with E-state index in [0.717, 1.165) is 9.75 Å². The first-order chi connectivity index (χ1) is 9.97. The van der Waals surface area contributed by atoms with Gasteiger partial charge in [0, 0.05) is 28.7 Å². The summed E-state index contributed by atoms with van der Waals surface area (Å²) in [5.41, 5.74) is 0. The van der Waals surface area contributed by atoms with Crippen molar-refractivity contribution < 1.29 is 8.42 Å². The van der Waals surface area contributed by atoms with Gasteiger partial charge in [-0.05, 0) is 26.5 Å². The second-order valence-electron chi connectivity index (χ2n) is 4.72. The summed E-state index contributed by atoms with van der Waals surface area (Å²) >= 11 is 1.49. The third-order valence-corrected chi connectivity index (χ3v) is 5.90. The minimum Gasteiger partial charge on any atom is -0.347 e. The summed E-state index contributed by atoms with van der Waals surface area (Å²) in [6.45, 7) is 4.41. The molecule has 0 fully saturated rings. The van der Waals surface area contributed by atoms with E-state index in [0.29, 0.717) is 23.7 Å². The van der Waals surface area contributed by atoms with E-state index in [1.165, 1.54) is 11.3 Å². The van der Waals surface area contributed by atoms with Crippen molar-refractivity contribution >= 4 is 21.4 Å². The second-order valence-corrected chi connectivity index (χ2v) is 7.74. The molecule has 0 aliphatic carbocycles. The van der Waals surface area contributed by atoms with Crippen LogP contribution in [0.1, 0.15) is 35.0 Å². The van der Waals surface area contributed by atoms with Crippen molar-refractivity contribution in [2.24, 2.45) is 0 Å². The lowest BCUT2D eigenvalue weighted by atomic mass is 10.2. The molecule has 0 aliphatic rings. The number of rotatable bonds is 7. The molecule has 0 amide bonds. The van der Waals surface area contributed by atoms with Gasteiger partial charge in [-0.15, -0.1) is 11.3 Å². The lowest BCUT2D eigenvalue weighted by Crippen LogP contribution is -2.29. The molecule has 0 spiro atoms. The maximum absolute atomic E-state index is 12.6. The van der Waals surface area contributed by atoms with Crippen molar-refractivity contribution in [3.05, 3.63) is 34.0 Å². The van der Waals surface area contributed by atoms with Gasteiger partial charge in [-0.2, -0.15) is 0 Å². The minimum atomic E-state index is -3.55. The minimum absolute atomic E-state index is 0.350. The number of thiophene rings is 1. The second kappa shape index (κ2) is 6.69. The van der Waals surface area contributed by atoms with Crippen LogP contribution in [0, 0.1) is 6.92 Å². The van der Waals surface area contributed by atoms with E-state index in [9.17, 15) is 8.42 Å². The Labute approximate surface area is 129 Å². The van der Waals surface area contributed by atoms with Crippen molar-refractivity contribution in [1.29, 1.82) is 0 Å². The first-order valence-electron chi connectivity index (χ1n) is 6.73. The maximum atomic E-state index is 12.6. The van der Waals surface area contributed by atoms with Crippen LogP contribution in [0.2, 0.25) is 0 Å². The van der Waals surface area contributed by atoms with Gasteiger partial charge >= 0.3 is 0 Å². The van der Waals surface area contributed by atoms with Gasteiger partial charge in [0.1, 0.15) is 5.82 Å². The van der Waals surface area contributed by atoms with Crippen LogP contribution >= 0.6 is 11.3 Å². The summed E-state index contributed by atoms with van der Waals surface area (Å²) in [5.74, 6) is 0.629.